The van der Waals surface area contributed by atoms with Gasteiger partial charge in [-0.15, -0.1) is 0 Å². The van der Waals surface area contributed by atoms with E-state index in [0.717, 1.165) is 6.04 Å². The number of allylic oxidation sites excluding steroid dienone is 2. The minimum atomic E-state index is -5.11. The van der Waals surface area contributed by atoms with Crippen LogP contribution in [0.3, 0.4) is 0 Å². The molecule has 0 amide bonds. The predicted molar refractivity (Wildman–Crippen MR) is 155 cm³/mol. The highest BCUT2D eigenvalue weighted by Crippen LogP contribution is 2.50. The maximum absolute atomic E-state index is 12.9. The molecule has 0 radical (unpaired) electrons. The molecule has 0 heterocycles. The van der Waals surface area contributed by atoms with Gasteiger partial charge in [-0.2, -0.15) is 26.3 Å². The van der Waals surface area contributed by atoms with Crippen LogP contribution in [0.1, 0.15) is 34.1 Å². The van der Waals surface area contributed by atoms with Crippen LogP contribution in [-0.2, 0) is 32.4 Å². The number of ketones is 1. The molecule has 246 valence electrons. The molecule has 0 aromatic rings. The Kier molecular flexibility index (Phi) is 15.7. The van der Waals surface area contributed by atoms with Crippen molar-refractivity contribution in [3.63, 3.8) is 0 Å². The first-order valence-corrected chi connectivity index (χ1v) is 21.7. The van der Waals surface area contributed by atoms with Gasteiger partial charge in [-0.05, 0) is 30.1 Å². The fourth-order valence-corrected chi connectivity index (χ4v) is 6.50. The van der Waals surface area contributed by atoms with Crippen LogP contribution >= 0.6 is 7.60 Å². The van der Waals surface area contributed by atoms with Crippen molar-refractivity contribution in [2.45, 2.75) is 96.4 Å². The van der Waals surface area contributed by atoms with E-state index >= 15 is 0 Å². The number of carbonyl (C=O) groups is 2. The van der Waals surface area contributed by atoms with E-state index in [9.17, 15) is 40.5 Å². The molecular formula is C26H45F6O7PSi2. The molecule has 0 unspecified atom stereocenters. The third kappa shape index (κ3) is 19.1. The number of hydrogen-bond acceptors (Lipinski definition) is 7. The van der Waals surface area contributed by atoms with E-state index in [1.165, 1.54) is 12.2 Å². The molecule has 0 N–H and O–H groups in total. The lowest BCUT2D eigenvalue weighted by atomic mass is 10.00. The largest absolute Gasteiger partial charge is 0.463 e. The van der Waals surface area contributed by atoms with Crippen molar-refractivity contribution in [2.24, 2.45) is 5.92 Å². The maximum Gasteiger partial charge on any atom is 0.412 e. The number of alkyl halides is 6. The summed E-state index contributed by atoms with van der Waals surface area (Å²) < 4.78 is 109. The molecular weight excluding hydrogens is 625 g/mol. The highest BCUT2D eigenvalue weighted by Gasteiger charge is 2.42. The van der Waals surface area contributed by atoms with Gasteiger partial charge in [-0.1, -0.05) is 65.6 Å². The molecule has 0 fully saturated rings. The van der Waals surface area contributed by atoms with Crippen molar-refractivity contribution >= 4 is 35.7 Å². The smallest absolute Gasteiger partial charge is 0.412 e. The Morgan fingerprint density at radius 2 is 1.38 bits per heavy atom. The highest BCUT2D eigenvalue weighted by molar-refractivity contribution is 7.54. The molecule has 0 saturated carbocycles. The quantitative estimate of drug-likeness (QED) is 0.0384. The van der Waals surface area contributed by atoms with Gasteiger partial charge >= 0.3 is 25.9 Å². The van der Waals surface area contributed by atoms with Crippen LogP contribution in [-0.4, -0.2) is 72.6 Å². The molecule has 7 nitrogen and oxygen atoms in total. The Balaban J connectivity index is 5.76. The first-order valence-electron chi connectivity index (χ1n) is 13.4. The number of ether oxygens (including phenoxy) is 1. The summed E-state index contributed by atoms with van der Waals surface area (Å²) in [5.41, 5.74) is 0. The Bertz CT molecular complexity index is 962. The standard InChI is InChI=1S/C26H45F6O7PSi2/c1-20(12-10-11-13-23(34)36-14-15-41(5,6)7)22(39-42(8,9)24(2,3)4)16-21(33)17-40(35,37-18-25(27,28)29)38-19-26(30,31)32/h10-13,20,22H,14-19H2,1-9H3/b12-10+,13-11-/t20-,22+/m1/s1. The van der Waals surface area contributed by atoms with Gasteiger partial charge in [-0.25, -0.2) is 4.79 Å². The fraction of sp³-hybridized carbons (Fsp3) is 0.769. The summed E-state index contributed by atoms with van der Waals surface area (Å²) in [6.07, 6.45) is -6.81. The summed E-state index contributed by atoms with van der Waals surface area (Å²) in [5.74, 6) is -1.97. The fourth-order valence-electron chi connectivity index (χ4n) is 2.87. The van der Waals surface area contributed by atoms with Gasteiger partial charge in [0, 0.05) is 20.6 Å². The molecule has 0 aliphatic rings. The summed E-state index contributed by atoms with van der Waals surface area (Å²) in [6, 6.07) is 0.815. The highest BCUT2D eigenvalue weighted by atomic mass is 31.2. The Hall–Kier alpha value is -1.26. The van der Waals surface area contributed by atoms with Crippen molar-refractivity contribution < 1.29 is 58.7 Å². The van der Waals surface area contributed by atoms with Gasteiger partial charge in [0.1, 0.15) is 11.9 Å². The van der Waals surface area contributed by atoms with Crippen LogP contribution in [0.15, 0.2) is 24.3 Å². The molecule has 0 aliphatic heterocycles. The number of carbonyl (C=O) groups excluding carboxylic acids is 2. The van der Waals surface area contributed by atoms with E-state index in [4.69, 9.17) is 9.16 Å². The summed E-state index contributed by atoms with van der Waals surface area (Å²) in [5, 5.41) is -0.307. The van der Waals surface area contributed by atoms with Crippen LogP contribution < -0.4 is 0 Å². The number of rotatable bonds is 17. The van der Waals surface area contributed by atoms with Crippen LogP contribution in [0.5, 0.6) is 0 Å². The van der Waals surface area contributed by atoms with Gasteiger partial charge in [0.2, 0.25) is 0 Å². The third-order valence-corrected chi connectivity index (χ3v) is 14.3. The number of Topliss-reactive ketones (excluding diaryl/α,β-unsaturated/α-hetero) is 1. The summed E-state index contributed by atoms with van der Waals surface area (Å²) in [6.45, 7) is 13.8. The minimum absolute atomic E-state index is 0.307. The monoisotopic (exact) mass is 670 g/mol. The Labute approximate surface area is 247 Å². The summed E-state index contributed by atoms with van der Waals surface area (Å²) in [7, 11) is -9.01. The predicted octanol–water partition coefficient (Wildman–Crippen LogP) is 8.32. The van der Waals surface area contributed by atoms with Crippen molar-refractivity contribution in [1.82, 2.24) is 0 Å². The second-order valence-corrected chi connectivity index (χ2v) is 25.2. The third-order valence-electron chi connectivity index (χ3n) is 6.34. The first-order chi connectivity index (χ1) is 18.6. The van der Waals surface area contributed by atoms with E-state index < -0.39 is 85.9 Å². The zero-order valence-electron chi connectivity index (χ0n) is 25.8. The topological polar surface area (TPSA) is 88.1 Å². The Morgan fingerprint density at radius 1 is 0.881 bits per heavy atom. The molecule has 0 aromatic carbocycles. The molecule has 0 saturated heterocycles. The Morgan fingerprint density at radius 3 is 1.81 bits per heavy atom. The molecule has 2 atom stereocenters. The van der Waals surface area contributed by atoms with Crippen molar-refractivity contribution in [3.05, 3.63) is 24.3 Å². The van der Waals surface area contributed by atoms with Crippen LogP contribution in [0.4, 0.5) is 26.3 Å². The van der Waals surface area contributed by atoms with E-state index in [1.807, 2.05) is 33.9 Å². The molecule has 0 spiro atoms. The molecule has 42 heavy (non-hydrogen) atoms. The summed E-state index contributed by atoms with van der Waals surface area (Å²) in [4.78, 5) is 24.8. The van der Waals surface area contributed by atoms with E-state index in [-0.39, 0.29) is 5.04 Å². The van der Waals surface area contributed by atoms with Crippen molar-refractivity contribution in [1.29, 1.82) is 0 Å². The summed E-state index contributed by atoms with van der Waals surface area (Å²) >= 11 is 0. The average Bonchev–Trinajstić information content (AvgIpc) is 2.76. The lowest BCUT2D eigenvalue weighted by Gasteiger charge is -2.40. The minimum Gasteiger partial charge on any atom is -0.463 e. The molecule has 0 aromatic heterocycles. The van der Waals surface area contributed by atoms with E-state index in [1.54, 1.807) is 19.1 Å². The molecule has 0 rings (SSSR count). The van der Waals surface area contributed by atoms with Gasteiger partial charge in [0.25, 0.3) is 0 Å². The second-order valence-electron chi connectivity index (χ2n) is 12.8. The lowest BCUT2D eigenvalue weighted by molar-refractivity contribution is -0.165. The van der Waals surface area contributed by atoms with Gasteiger partial charge in [0.15, 0.2) is 21.5 Å². The van der Waals surface area contributed by atoms with Gasteiger partial charge in [-0.3, -0.25) is 18.4 Å². The normalized spacial score (nSPS) is 15.8. The van der Waals surface area contributed by atoms with Crippen LogP contribution in [0.25, 0.3) is 0 Å². The number of halogens is 6. The van der Waals surface area contributed by atoms with E-state index in [2.05, 4.69) is 28.7 Å². The lowest BCUT2D eigenvalue weighted by Crippen LogP contribution is -2.46. The molecule has 0 bridgehead atoms. The van der Waals surface area contributed by atoms with Gasteiger partial charge in [0.05, 0.1) is 12.7 Å². The van der Waals surface area contributed by atoms with E-state index in [0.29, 0.717) is 6.61 Å². The van der Waals surface area contributed by atoms with Crippen LogP contribution in [0.2, 0.25) is 43.8 Å². The SMILES string of the molecule is C[C@H](/C=C/C=C\C(=O)OCC[Si](C)(C)C)[C@H](CC(=O)CP(=O)(OCC(F)(F)F)OCC(F)(F)F)O[Si](C)(C)C(C)(C)C. The molecule has 16 heteroatoms. The zero-order valence-corrected chi connectivity index (χ0v) is 28.7. The van der Waals surface area contributed by atoms with Crippen molar-refractivity contribution in [2.75, 3.05) is 26.0 Å². The molecule has 0 aliphatic carbocycles. The van der Waals surface area contributed by atoms with Crippen LogP contribution in [0, 0.1) is 5.92 Å². The number of hydrogen-bond donors (Lipinski definition) is 0. The number of esters is 1. The maximum atomic E-state index is 12.9. The van der Waals surface area contributed by atoms with Gasteiger partial charge < -0.3 is 9.16 Å². The second kappa shape index (κ2) is 16.2. The average molecular weight is 671 g/mol. The first kappa shape index (κ1) is 40.7. The zero-order chi connectivity index (χ0) is 33.2. The van der Waals surface area contributed by atoms with Crippen molar-refractivity contribution in [3.8, 4) is 0 Å².